The van der Waals surface area contributed by atoms with Crippen LogP contribution in [0.4, 0.5) is 0 Å². The molecule has 0 aromatic heterocycles. The maximum absolute atomic E-state index is 9.56. The SMILES string of the molecule is C=C1/C(=C/C=C(C)C)CC(O)CC1O. The van der Waals surface area contributed by atoms with Crippen LogP contribution < -0.4 is 0 Å². The summed E-state index contributed by atoms with van der Waals surface area (Å²) in [6.07, 6.45) is 3.89. The Morgan fingerprint density at radius 3 is 2.64 bits per heavy atom. The number of aliphatic hydroxyl groups is 2. The van der Waals surface area contributed by atoms with E-state index in [1.807, 2.05) is 26.0 Å². The Bertz CT molecular complexity index is 283. The number of aliphatic hydroxyl groups excluding tert-OH is 2. The van der Waals surface area contributed by atoms with Crippen LogP contribution in [0.1, 0.15) is 26.7 Å². The Kier molecular flexibility index (Phi) is 3.67. The van der Waals surface area contributed by atoms with E-state index in [-0.39, 0.29) is 0 Å². The minimum Gasteiger partial charge on any atom is -0.393 e. The van der Waals surface area contributed by atoms with Gasteiger partial charge in [-0.05, 0) is 31.4 Å². The highest BCUT2D eigenvalue weighted by Crippen LogP contribution is 2.28. The first-order valence-electron chi connectivity index (χ1n) is 4.90. The molecule has 14 heavy (non-hydrogen) atoms. The molecule has 0 aromatic rings. The number of rotatable bonds is 1. The lowest BCUT2D eigenvalue weighted by Crippen LogP contribution is -2.26. The van der Waals surface area contributed by atoms with E-state index >= 15 is 0 Å². The summed E-state index contributed by atoms with van der Waals surface area (Å²) in [4.78, 5) is 0. The third kappa shape index (κ3) is 2.82. The molecule has 1 aliphatic carbocycles. The smallest absolute Gasteiger partial charge is 0.0811 e. The fourth-order valence-corrected chi connectivity index (χ4v) is 1.52. The number of hydrogen-bond acceptors (Lipinski definition) is 2. The average Bonchev–Trinajstić information content (AvgIpc) is 2.08. The minimum absolute atomic E-state index is 0.408. The van der Waals surface area contributed by atoms with E-state index in [2.05, 4.69) is 6.58 Å². The van der Waals surface area contributed by atoms with Crippen molar-refractivity contribution in [2.75, 3.05) is 0 Å². The van der Waals surface area contributed by atoms with Gasteiger partial charge >= 0.3 is 0 Å². The van der Waals surface area contributed by atoms with Crippen molar-refractivity contribution in [1.82, 2.24) is 0 Å². The maximum Gasteiger partial charge on any atom is 0.0811 e. The Morgan fingerprint density at radius 1 is 1.43 bits per heavy atom. The van der Waals surface area contributed by atoms with Gasteiger partial charge < -0.3 is 10.2 Å². The van der Waals surface area contributed by atoms with Gasteiger partial charge in [-0.15, -0.1) is 0 Å². The first-order chi connectivity index (χ1) is 6.50. The van der Waals surface area contributed by atoms with Crippen molar-refractivity contribution in [3.05, 3.63) is 35.5 Å². The molecular weight excluding hydrogens is 176 g/mol. The molecule has 2 N–H and O–H groups in total. The van der Waals surface area contributed by atoms with Crippen LogP contribution in [-0.2, 0) is 0 Å². The molecule has 0 saturated heterocycles. The second-order valence-corrected chi connectivity index (χ2v) is 4.07. The first kappa shape index (κ1) is 11.2. The van der Waals surface area contributed by atoms with E-state index in [1.54, 1.807) is 0 Å². The van der Waals surface area contributed by atoms with Crippen LogP contribution >= 0.6 is 0 Å². The lowest BCUT2D eigenvalue weighted by molar-refractivity contribution is 0.0862. The van der Waals surface area contributed by atoms with Gasteiger partial charge in [0, 0.05) is 6.42 Å². The van der Waals surface area contributed by atoms with E-state index in [4.69, 9.17) is 0 Å². The molecule has 1 aliphatic rings. The fraction of sp³-hybridized carbons (Fsp3) is 0.500. The molecule has 1 fully saturated rings. The van der Waals surface area contributed by atoms with Crippen LogP contribution in [0.5, 0.6) is 0 Å². The predicted molar refractivity (Wildman–Crippen MR) is 57.9 cm³/mol. The molecule has 0 radical (unpaired) electrons. The second-order valence-electron chi connectivity index (χ2n) is 4.07. The largest absolute Gasteiger partial charge is 0.393 e. The normalized spacial score (nSPS) is 30.6. The quantitative estimate of drug-likeness (QED) is 0.670. The van der Waals surface area contributed by atoms with Gasteiger partial charge in [0.15, 0.2) is 0 Å². The topological polar surface area (TPSA) is 40.5 Å². The molecule has 0 aromatic carbocycles. The molecule has 78 valence electrons. The van der Waals surface area contributed by atoms with Crippen molar-refractivity contribution in [2.45, 2.75) is 38.9 Å². The Labute approximate surface area is 85.3 Å². The standard InChI is InChI=1S/C12H18O2/c1-8(2)4-5-10-6-11(13)7-12(14)9(10)3/h4-5,11-14H,3,6-7H2,1-2H3/b10-5+. The zero-order valence-electron chi connectivity index (χ0n) is 8.83. The molecule has 0 bridgehead atoms. The zero-order chi connectivity index (χ0) is 10.7. The van der Waals surface area contributed by atoms with Crippen molar-refractivity contribution in [3.8, 4) is 0 Å². The predicted octanol–water partition coefficient (Wildman–Crippen LogP) is 1.95. The fourth-order valence-electron chi connectivity index (χ4n) is 1.52. The highest BCUT2D eigenvalue weighted by molar-refractivity contribution is 5.37. The third-order valence-electron chi connectivity index (χ3n) is 2.38. The molecule has 1 saturated carbocycles. The summed E-state index contributed by atoms with van der Waals surface area (Å²) in [5.41, 5.74) is 2.89. The van der Waals surface area contributed by atoms with Crippen LogP contribution in [0.15, 0.2) is 35.5 Å². The molecule has 0 spiro atoms. The summed E-state index contributed by atoms with van der Waals surface area (Å²) in [5.74, 6) is 0. The first-order valence-corrected chi connectivity index (χ1v) is 4.90. The van der Waals surface area contributed by atoms with Gasteiger partial charge in [0.2, 0.25) is 0 Å². The van der Waals surface area contributed by atoms with Crippen molar-refractivity contribution in [1.29, 1.82) is 0 Å². The second kappa shape index (κ2) is 4.58. The summed E-state index contributed by atoms with van der Waals surface area (Å²) >= 11 is 0. The maximum atomic E-state index is 9.56. The van der Waals surface area contributed by atoms with Crippen molar-refractivity contribution in [2.24, 2.45) is 0 Å². The Hall–Kier alpha value is -0.860. The monoisotopic (exact) mass is 194 g/mol. The lowest BCUT2D eigenvalue weighted by atomic mass is 9.86. The highest BCUT2D eigenvalue weighted by Gasteiger charge is 2.24. The van der Waals surface area contributed by atoms with Crippen molar-refractivity contribution in [3.63, 3.8) is 0 Å². The van der Waals surface area contributed by atoms with Gasteiger partial charge in [-0.1, -0.05) is 24.3 Å². The van der Waals surface area contributed by atoms with Crippen LogP contribution in [0.2, 0.25) is 0 Å². The Morgan fingerprint density at radius 2 is 2.07 bits per heavy atom. The van der Waals surface area contributed by atoms with E-state index in [1.165, 1.54) is 5.57 Å². The molecule has 0 aliphatic heterocycles. The van der Waals surface area contributed by atoms with Gasteiger partial charge in [-0.3, -0.25) is 0 Å². The van der Waals surface area contributed by atoms with E-state index in [0.29, 0.717) is 12.8 Å². The van der Waals surface area contributed by atoms with E-state index < -0.39 is 12.2 Å². The van der Waals surface area contributed by atoms with Crippen LogP contribution in [0, 0.1) is 0 Å². The summed E-state index contributed by atoms with van der Waals surface area (Å²) in [6.45, 7) is 7.85. The summed E-state index contributed by atoms with van der Waals surface area (Å²) in [7, 11) is 0. The Balaban J connectivity index is 2.81. The van der Waals surface area contributed by atoms with Crippen molar-refractivity contribution >= 4 is 0 Å². The zero-order valence-corrected chi connectivity index (χ0v) is 8.83. The average molecular weight is 194 g/mol. The molecule has 2 atom stereocenters. The molecule has 0 heterocycles. The van der Waals surface area contributed by atoms with Gasteiger partial charge in [-0.25, -0.2) is 0 Å². The van der Waals surface area contributed by atoms with Gasteiger partial charge in [0.25, 0.3) is 0 Å². The summed E-state index contributed by atoms with van der Waals surface area (Å²) in [6, 6.07) is 0. The highest BCUT2D eigenvalue weighted by atomic mass is 16.3. The molecule has 2 nitrogen and oxygen atoms in total. The third-order valence-corrected chi connectivity index (χ3v) is 2.38. The van der Waals surface area contributed by atoms with Gasteiger partial charge in [0.05, 0.1) is 12.2 Å². The van der Waals surface area contributed by atoms with Crippen LogP contribution in [0.3, 0.4) is 0 Å². The number of hydrogen-bond donors (Lipinski definition) is 2. The van der Waals surface area contributed by atoms with Crippen molar-refractivity contribution < 1.29 is 10.2 Å². The van der Waals surface area contributed by atoms with Crippen LogP contribution in [0.25, 0.3) is 0 Å². The van der Waals surface area contributed by atoms with Gasteiger partial charge in [0.1, 0.15) is 0 Å². The number of allylic oxidation sites excluding steroid dienone is 3. The van der Waals surface area contributed by atoms with E-state index in [0.717, 1.165) is 11.1 Å². The molecule has 1 rings (SSSR count). The van der Waals surface area contributed by atoms with Gasteiger partial charge in [-0.2, -0.15) is 0 Å². The lowest BCUT2D eigenvalue weighted by Gasteiger charge is -2.26. The van der Waals surface area contributed by atoms with E-state index in [9.17, 15) is 10.2 Å². The molecule has 2 unspecified atom stereocenters. The summed E-state index contributed by atoms with van der Waals surface area (Å²) in [5, 5.41) is 19.0. The van der Waals surface area contributed by atoms with Crippen LogP contribution in [-0.4, -0.2) is 22.4 Å². The molecule has 2 heteroatoms. The summed E-state index contributed by atoms with van der Waals surface area (Å²) < 4.78 is 0. The minimum atomic E-state index is -0.587. The molecule has 0 amide bonds. The molecular formula is C12H18O2.